The molecule has 1 atom stereocenters. The van der Waals surface area contributed by atoms with Crippen LogP contribution in [0.5, 0.6) is 17.2 Å². The molecule has 10 heteroatoms. The van der Waals surface area contributed by atoms with Crippen LogP contribution in [0.25, 0.3) is 11.0 Å². The second kappa shape index (κ2) is 10.7. The highest BCUT2D eigenvalue weighted by atomic mass is 35.5. The van der Waals surface area contributed by atoms with Gasteiger partial charge in [0, 0.05) is 22.2 Å². The molecular weight excluding hydrogens is 536 g/mol. The van der Waals surface area contributed by atoms with E-state index in [0.29, 0.717) is 56.7 Å². The lowest BCUT2D eigenvalue weighted by molar-refractivity contribution is -0.117. The zero-order valence-corrected chi connectivity index (χ0v) is 22.5. The minimum atomic E-state index is -1.06. The topological polar surface area (TPSA) is 122 Å². The molecule has 1 aromatic heterocycles. The second-order valence-corrected chi connectivity index (χ2v) is 9.24. The summed E-state index contributed by atoms with van der Waals surface area (Å²) in [6.07, 6.45) is 0. The first-order valence-electron chi connectivity index (χ1n) is 12.2. The van der Waals surface area contributed by atoms with Gasteiger partial charge in [-0.1, -0.05) is 17.7 Å². The first-order valence-corrected chi connectivity index (χ1v) is 12.6. The van der Waals surface area contributed by atoms with E-state index in [-0.39, 0.29) is 11.3 Å². The number of aliphatic hydroxyl groups excluding tert-OH is 1. The van der Waals surface area contributed by atoms with Gasteiger partial charge in [0.05, 0.1) is 44.1 Å². The zero-order chi connectivity index (χ0) is 28.6. The Morgan fingerprint density at radius 3 is 2.42 bits per heavy atom. The van der Waals surface area contributed by atoms with Crippen molar-refractivity contribution in [2.45, 2.75) is 13.0 Å². The summed E-state index contributed by atoms with van der Waals surface area (Å²) >= 11 is 6.19. The van der Waals surface area contributed by atoms with Crippen molar-refractivity contribution in [3.8, 4) is 23.3 Å². The highest BCUT2D eigenvalue weighted by Crippen LogP contribution is 2.45. The molecular formula is C30H23ClN2O7. The molecule has 5 rings (SSSR count). The summed E-state index contributed by atoms with van der Waals surface area (Å²) in [5.74, 6) is -1.14. The van der Waals surface area contributed by atoms with Crippen molar-refractivity contribution in [3.05, 3.63) is 93.9 Å². The van der Waals surface area contributed by atoms with Crippen molar-refractivity contribution in [1.29, 1.82) is 5.26 Å². The Labute approximate surface area is 234 Å². The van der Waals surface area contributed by atoms with Gasteiger partial charge in [-0.05, 0) is 61.0 Å². The van der Waals surface area contributed by atoms with Crippen molar-refractivity contribution < 1.29 is 33.3 Å². The third-order valence-corrected chi connectivity index (χ3v) is 6.74. The Morgan fingerprint density at radius 2 is 1.77 bits per heavy atom. The van der Waals surface area contributed by atoms with E-state index < -0.39 is 23.5 Å². The molecule has 1 aliphatic heterocycles. The van der Waals surface area contributed by atoms with Crippen molar-refractivity contribution in [2.75, 3.05) is 25.7 Å². The van der Waals surface area contributed by atoms with Crippen molar-refractivity contribution >= 4 is 39.9 Å². The molecule has 0 spiro atoms. The number of nitrogens with zero attached hydrogens (tertiary/aromatic N) is 2. The van der Waals surface area contributed by atoms with Crippen LogP contribution in [0.3, 0.4) is 0 Å². The molecule has 0 saturated heterocycles. The highest BCUT2D eigenvalue weighted by molar-refractivity contribution is 6.31. The zero-order valence-electron chi connectivity index (χ0n) is 21.7. The summed E-state index contributed by atoms with van der Waals surface area (Å²) in [5.41, 5.74) is 1.34. The summed E-state index contributed by atoms with van der Waals surface area (Å²) < 4.78 is 22.4. The van der Waals surface area contributed by atoms with Gasteiger partial charge in [-0.25, -0.2) is 0 Å². The standard InChI is InChI=1S/C30H23ClN2O7/c1-4-39-22-12-17(7-10-21(22)37-2)26-25(28(35)30(36)33(26)20-8-5-16(15-32)6-9-20)27(34)23-13-18-11-19(31)14-24(38-3)29(18)40-23/h5-14,26,35H,4H2,1-3H3. The number of halogens is 1. The molecule has 3 aromatic carbocycles. The van der Waals surface area contributed by atoms with E-state index in [0.717, 1.165) is 0 Å². The number of carbonyl (C=O) groups excluding carboxylic acids is 2. The largest absolute Gasteiger partial charge is 0.503 e. The van der Waals surface area contributed by atoms with Gasteiger partial charge < -0.3 is 23.7 Å². The molecule has 202 valence electrons. The number of carbonyl (C=O) groups is 2. The lowest BCUT2D eigenvalue weighted by atomic mass is 9.94. The Balaban J connectivity index is 1.68. The summed E-state index contributed by atoms with van der Waals surface area (Å²) in [6.45, 7) is 2.16. The third kappa shape index (κ3) is 4.48. The van der Waals surface area contributed by atoms with E-state index in [1.165, 1.54) is 25.2 Å². The fourth-order valence-corrected chi connectivity index (χ4v) is 4.95. The number of benzene rings is 3. The van der Waals surface area contributed by atoms with E-state index in [4.69, 9.17) is 30.2 Å². The molecule has 9 nitrogen and oxygen atoms in total. The smallest absolute Gasteiger partial charge is 0.294 e. The molecule has 1 aliphatic rings. The van der Waals surface area contributed by atoms with E-state index in [1.54, 1.807) is 54.6 Å². The SMILES string of the molecule is CCOc1cc(C2C(C(=O)c3cc4cc(Cl)cc(OC)c4o3)=C(O)C(=O)N2c2ccc(C#N)cc2)ccc1OC. The maximum absolute atomic E-state index is 14.0. The van der Waals surface area contributed by atoms with Crippen LogP contribution in [0, 0.1) is 11.3 Å². The van der Waals surface area contributed by atoms with Crippen molar-refractivity contribution in [3.63, 3.8) is 0 Å². The maximum atomic E-state index is 14.0. The van der Waals surface area contributed by atoms with Crippen LogP contribution < -0.4 is 19.1 Å². The normalized spacial score (nSPS) is 14.9. The molecule has 1 unspecified atom stereocenters. The molecule has 2 heterocycles. The number of methoxy groups -OCH3 is 2. The summed E-state index contributed by atoms with van der Waals surface area (Å²) in [7, 11) is 2.95. The minimum absolute atomic E-state index is 0.116. The van der Waals surface area contributed by atoms with Crippen LogP contribution in [0.15, 0.2) is 76.4 Å². The molecule has 0 aliphatic carbocycles. The first kappa shape index (κ1) is 26.7. The fraction of sp³-hybridized carbons (Fsp3) is 0.167. The summed E-state index contributed by atoms with van der Waals surface area (Å²) in [6, 6.07) is 16.9. The third-order valence-electron chi connectivity index (χ3n) is 6.52. The van der Waals surface area contributed by atoms with Gasteiger partial charge >= 0.3 is 0 Å². The Hall–Kier alpha value is -4.94. The second-order valence-electron chi connectivity index (χ2n) is 8.81. The van der Waals surface area contributed by atoms with E-state index in [9.17, 15) is 20.0 Å². The molecule has 40 heavy (non-hydrogen) atoms. The molecule has 1 amide bonds. The fourth-order valence-electron chi connectivity index (χ4n) is 4.73. The summed E-state index contributed by atoms with van der Waals surface area (Å²) in [4.78, 5) is 28.8. The lowest BCUT2D eigenvalue weighted by Crippen LogP contribution is -2.31. The minimum Gasteiger partial charge on any atom is -0.503 e. The number of hydrogen-bond acceptors (Lipinski definition) is 8. The van der Waals surface area contributed by atoms with Crippen LogP contribution in [0.2, 0.25) is 5.02 Å². The molecule has 4 aromatic rings. The predicted molar refractivity (Wildman–Crippen MR) is 147 cm³/mol. The predicted octanol–water partition coefficient (Wildman–Crippen LogP) is 6.16. The number of fused-ring (bicyclic) bond motifs is 1. The van der Waals surface area contributed by atoms with Crippen LogP contribution >= 0.6 is 11.6 Å². The number of aliphatic hydroxyl groups is 1. The van der Waals surface area contributed by atoms with Crippen molar-refractivity contribution in [2.24, 2.45) is 0 Å². The van der Waals surface area contributed by atoms with E-state index >= 15 is 0 Å². The number of ketones is 1. The van der Waals surface area contributed by atoms with Gasteiger partial charge in [-0.15, -0.1) is 0 Å². The number of nitriles is 1. The number of hydrogen-bond donors (Lipinski definition) is 1. The number of amides is 1. The number of anilines is 1. The monoisotopic (exact) mass is 558 g/mol. The molecule has 0 fully saturated rings. The van der Waals surface area contributed by atoms with Gasteiger partial charge in [0.2, 0.25) is 5.78 Å². The number of rotatable bonds is 8. The van der Waals surface area contributed by atoms with E-state index in [1.807, 2.05) is 13.0 Å². The Bertz CT molecular complexity index is 1720. The Morgan fingerprint density at radius 1 is 1.05 bits per heavy atom. The van der Waals surface area contributed by atoms with Gasteiger partial charge in [0.25, 0.3) is 5.91 Å². The molecule has 1 N–H and O–H groups in total. The van der Waals surface area contributed by atoms with Crippen molar-refractivity contribution in [1.82, 2.24) is 0 Å². The van der Waals surface area contributed by atoms with Crippen LogP contribution in [-0.4, -0.2) is 37.6 Å². The number of furan rings is 1. The van der Waals surface area contributed by atoms with Crippen LogP contribution in [0.1, 0.15) is 34.6 Å². The average Bonchev–Trinajstić information content (AvgIpc) is 3.51. The highest BCUT2D eigenvalue weighted by Gasteiger charge is 2.45. The first-order chi connectivity index (χ1) is 19.3. The molecule has 0 radical (unpaired) electrons. The lowest BCUT2D eigenvalue weighted by Gasteiger charge is -2.27. The Kier molecular flexibility index (Phi) is 7.11. The molecule has 0 bridgehead atoms. The van der Waals surface area contributed by atoms with Crippen LogP contribution in [-0.2, 0) is 4.79 Å². The maximum Gasteiger partial charge on any atom is 0.294 e. The van der Waals surface area contributed by atoms with Gasteiger partial charge in [-0.2, -0.15) is 5.26 Å². The van der Waals surface area contributed by atoms with Crippen LogP contribution in [0.4, 0.5) is 5.69 Å². The van der Waals surface area contributed by atoms with Gasteiger partial charge in [0.1, 0.15) is 0 Å². The quantitative estimate of drug-likeness (QED) is 0.255. The summed E-state index contributed by atoms with van der Waals surface area (Å²) in [5, 5.41) is 21.2. The molecule has 0 saturated carbocycles. The average molecular weight is 559 g/mol. The van der Waals surface area contributed by atoms with Gasteiger partial charge in [0.15, 0.2) is 34.4 Å². The number of Topliss-reactive ketones (excluding diaryl/α,β-unsaturated/α-hetero) is 1. The van der Waals surface area contributed by atoms with Gasteiger partial charge in [-0.3, -0.25) is 14.5 Å². The number of ether oxygens (including phenoxy) is 3. The van der Waals surface area contributed by atoms with E-state index in [2.05, 4.69) is 0 Å².